The molecular formula is C49H56F2N8O2. The molecule has 2 aromatic heterocycles. The van der Waals surface area contributed by atoms with Crippen LogP contribution >= 0.6 is 0 Å². The lowest BCUT2D eigenvalue weighted by Crippen LogP contribution is -2.40. The van der Waals surface area contributed by atoms with Gasteiger partial charge < -0.3 is 30.3 Å². The number of piperidine rings is 2. The predicted octanol–water partition coefficient (Wildman–Crippen LogP) is 10.6. The van der Waals surface area contributed by atoms with Crippen molar-refractivity contribution in [3.05, 3.63) is 148 Å². The predicted molar refractivity (Wildman–Crippen MR) is 239 cm³/mol. The van der Waals surface area contributed by atoms with Crippen LogP contribution in [0.2, 0.25) is 0 Å². The number of benzene rings is 4. The minimum absolute atomic E-state index is 0.0970. The summed E-state index contributed by atoms with van der Waals surface area (Å²) in [7, 11) is 0. The van der Waals surface area contributed by atoms with E-state index in [0.717, 1.165) is 96.6 Å². The molecule has 0 amide bonds. The molecule has 61 heavy (non-hydrogen) atoms. The highest BCUT2D eigenvalue weighted by molar-refractivity contribution is 5.81. The standard InChI is InChI=1S/C25H29FN4O.C24H27FN4O/c1-17(20-11-12-21(22(26)15-20)19-9-5-3-6-10-19)24-18(2)23(31-29-24)16-28-25(27)30-13-7-4-8-14-30;1-16(19-11-12-20(21(25)15-19)18-9-5-3-6-10-18)22-17(2)23(30-28-22)27-24(26)29-13-7-4-8-14-29/h3,5-6,9-12,15,17H,4,7-8,13-14,16H2,1-2H3,(H2,27,28);3,5-6,9-12,15-16H,4,7-8,13-14H2,1-2H3,(H2,26,27). The van der Waals surface area contributed by atoms with E-state index in [-0.39, 0.29) is 23.5 Å². The maximum absolute atomic E-state index is 14.8. The van der Waals surface area contributed by atoms with Crippen molar-refractivity contribution in [2.24, 2.45) is 21.5 Å². The number of guanidine groups is 2. The van der Waals surface area contributed by atoms with Crippen molar-refractivity contribution < 1.29 is 17.8 Å². The van der Waals surface area contributed by atoms with Gasteiger partial charge in [-0.25, -0.2) is 13.8 Å². The fraction of sp³-hybridized carbons (Fsp3) is 0.347. The molecule has 0 aliphatic carbocycles. The molecule has 2 aliphatic rings. The van der Waals surface area contributed by atoms with Gasteiger partial charge in [-0.3, -0.25) is 0 Å². The Morgan fingerprint density at radius 3 is 1.57 bits per heavy atom. The third kappa shape index (κ3) is 10.2. The number of halogens is 2. The minimum atomic E-state index is -0.251. The van der Waals surface area contributed by atoms with Crippen LogP contribution in [0, 0.1) is 25.5 Å². The lowest BCUT2D eigenvalue weighted by Gasteiger charge is -2.27. The van der Waals surface area contributed by atoms with E-state index in [2.05, 4.69) is 30.1 Å². The van der Waals surface area contributed by atoms with Gasteiger partial charge in [0.25, 0.3) is 5.88 Å². The minimum Gasteiger partial charge on any atom is -0.370 e. The first-order valence-electron chi connectivity index (χ1n) is 21.3. The Bertz CT molecular complexity index is 2430. The zero-order chi connectivity index (χ0) is 42.9. The lowest BCUT2D eigenvalue weighted by molar-refractivity contribution is 0.336. The van der Waals surface area contributed by atoms with Crippen molar-refractivity contribution in [1.29, 1.82) is 0 Å². The van der Waals surface area contributed by atoms with Crippen LogP contribution < -0.4 is 11.5 Å². The normalized spacial score (nSPS) is 15.9. The molecule has 0 spiro atoms. The molecule has 4 N–H and O–H groups in total. The smallest absolute Gasteiger partial charge is 0.256 e. The third-order valence-corrected chi connectivity index (χ3v) is 11.9. The van der Waals surface area contributed by atoms with Gasteiger partial charge in [-0.15, -0.1) is 0 Å². The van der Waals surface area contributed by atoms with Gasteiger partial charge in [-0.2, -0.15) is 4.99 Å². The number of hydrogen-bond donors (Lipinski definition) is 2. The molecule has 12 heteroatoms. The zero-order valence-electron chi connectivity index (χ0n) is 35.6. The van der Waals surface area contributed by atoms with Crippen LogP contribution in [-0.2, 0) is 6.54 Å². The van der Waals surface area contributed by atoms with Crippen LogP contribution in [-0.4, -0.2) is 58.2 Å². The third-order valence-electron chi connectivity index (χ3n) is 11.9. The van der Waals surface area contributed by atoms with Crippen LogP contribution in [0.3, 0.4) is 0 Å². The van der Waals surface area contributed by atoms with Crippen LogP contribution in [0.4, 0.5) is 14.7 Å². The first-order valence-corrected chi connectivity index (χ1v) is 21.3. The number of nitrogens with two attached hydrogens (primary N) is 2. The highest BCUT2D eigenvalue weighted by atomic mass is 19.1. The van der Waals surface area contributed by atoms with Gasteiger partial charge in [-0.05, 0) is 86.8 Å². The molecule has 2 aliphatic heterocycles. The molecule has 6 aromatic rings. The molecule has 2 atom stereocenters. The summed E-state index contributed by atoms with van der Waals surface area (Å²) >= 11 is 0. The van der Waals surface area contributed by atoms with E-state index in [4.69, 9.17) is 20.5 Å². The van der Waals surface area contributed by atoms with Gasteiger partial charge in [0.2, 0.25) is 0 Å². The first kappa shape index (κ1) is 42.8. The molecular weight excluding hydrogens is 771 g/mol. The average molecular weight is 827 g/mol. The van der Waals surface area contributed by atoms with Crippen molar-refractivity contribution in [3.63, 3.8) is 0 Å². The zero-order valence-corrected chi connectivity index (χ0v) is 35.6. The number of rotatable bonds is 9. The lowest BCUT2D eigenvalue weighted by atomic mass is 9.92. The Morgan fingerprint density at radius 1 is 0.623 bits per heavy atom. The molecule has 4 aromatic carbocycles. The highest BCUT2D eigenvalue weighted by Crippen LogP contribution is 2.34. The van der Waals surface area contributed by atoms with E-state index < -0.39 is 0 Å². The molecule has 8 rings (SSSR count). The molecule has 0 bridgehead atoms. The van der Waals surface area contributed by atoms with E-state index in [0.29, 0.717) is 41.2 Å². The van der Waals surface area contributed by atoms with Crippen molar-refractivity contribution in [3.8, 4) is 22.3 Å². The molecule has 0 saturated carbocycles. The van der Waals surface area contributed by atoms with Crippen LogP contribution in [0.5, 0.6) is 0 Å². The SMILES string of the molecule is Cc1c(C(C)c2ccc(-c3ccccc3)c(F)c2)noc1CN=C(N)N1CCCCC1.Cc1c(C(C)c2ccc(-c3ccccc3)c(F)c2)noc1N=C(N)N1CCCCC1. The number of hydrogen-bond acceptors (Lipinski definition) is 6. The van der Waals surface area contributed by atoms with Crippen molar-refractivity contribution in [2.45, 2.75) is 84.6 Å². The second kappa shape index (κ2) is 19.8. The summed E-state index contributed by atoms with van der Waals surface area (Å²) in [6.07, 6.45) is 7.03. The van der Waals surface area contributed by atoms with Crippen LogP contribution in [0.1, 0.15) is 104 Å². The Kier molecular flexibility index (Phi) is 13.9. The second-order valence-electron chi connectivity index (χ2n) is 16.0. The Hall–Kier alpha value is -6.30. The summed E-state index contributed by atoms with van der Waals surface area (Å²) < 4.78 is 40.7. The quantitative estimate of drug-likeness (QED) is 0.109. The van der Waals surface area contributed by atoms with Gasteiger partial charge in [0.05, 0.1) is 11.4 Å². The molecule has 10 nitrogen and oxygen atoms in total. The van der Waals surface area contributed by atoms with Crippen LogP contribution in [0.15, 0.2) is 116 Å². The Labute approximate surface area is 357 Å². The van der Waals surface area contributed by atoms with Gasteiger partial charge in [-0.1, -0.05) is 109 Å². The summed E-state index contributed by atoms with van der Waals surface area (Å²) in [6.45, 7) is 12.0. The number of nitrogens with zero attached hydrogens (tertiary/aromatic N) is 6. The molecule has 318 valence electrons. The summed E-state index contributed by atoms with van der Waals surface area (Å²) in [5, 5.41) is 8.49. The van der Waals surface area contributed by atoms with E-state index in [1.165, 1.54) is 12.8 Å². The topological polar surface area (TPSA) is 135 Å². The second-order valence-corrected chi connectivity index (χ2v) is 16.0. The highest BCUT2D eigenvalue weighted by Gasteiger charge is 2.23. The van der Waals surface area contributed by atoms with Gasteiger partial charge in [0, 0.05) is 60.3 Å². The average Bonchev–Trinajstić information content (AvgIpc) is 3.86. The monoisotopic (exact) mass is 826 g/mol. The number of aliphatic imine (C=N–C) groups is 2. The van der Waals surface area contributed by atoms with Gasteiger partial charge in [0.1, 0.15) is 18.2 Å². The largest absolute Gasteiger partial charge is 0.370 e. The van der Waals surface area contributed by atoms with E-state index in [1.54, 1.807) is 12.1 Å². The van der Waals surface area contributed by atoms with Gasteiger partial charge >= 0.3 is 0 Å². The number of aromatic nitrogens is 2. The number of likely N-dealkylation sites (tertiary alicyclic amines) is 2. The summed E-state index contributed by atoms with van der Waals surface area (Å²) in [6, 6.07) is 29.8. The Morgan fingerprint density at radius 2 is 1.08 bits per heavy atom. The summed E-state index contributed by atoms with van der Waals surface area (Å²) in [4.78, 5) is 13.2. The van der Waals surface area contributed by atoms with Crippen molar-refractivity contribution in [2.75, 3.05) is 26.2 Å². The van der Waals surface area contributed by atoms with Crippen molar-refractivity contribution >= 4 is 17.8 Å². The fourth-order valence-corrected chi connectivity index (χ4v) is 8.08. The Balaban J connectivity index is 0.000000184. The molecule has 2 fully saturated rings. The molecule has 0 radical (unpaired) electrons. The molecule has 2 saturated heterocycles. The summed E-state index contributed by atoms with van der Waals surface area (Å²) in [5.74, 6) is 1.42. The molecule has 4 heterocycles. The fourth-order valence-electron chi connectivity index (χ4n) is 8.08. The van der Waals surface area contributed by atoms with E-state index >= 15 is 0 Å². The maximum Gasteiger partial charge on any atom is 0.256 e. The van der Waals surface area contributed by atoms with Crippen LogP contribution in [0.25, 0.3) is 22.3 Å². The van der Waals surface area contributed by atoms with Crippen molar-refractivity contribution in [1.82, 2.24) is 20.1 Å². The molecule has 2 unspecified atom stereocenters. The summed E-state index contributed by atoms with van der Waals surface area (Å²) in [5.41, 5.74) is 20.2. The van der Waals surface area contributed by atoms with E-state index in [1.807, 2.05) is 113 Å². The van der Waals surface area contributed by atoms with E-state index in [9.17, 15) is 8.78 Å². The first-order chi connectivity index (χ1) is 29.6. The van der Waals surface area contributed by atoms with Gasteiger partial charge in [0.15, 0.2) is 17.7 Å². The maximum atomic E-state index is 14.8.